The molecule has 0 bridgehead atoms. The fourth-order valence-electron chi connectivity index (χ4n) is 5.39. The summed E-state index contributed by atoms with van der Waals surface area (Å²) in [6.07, 6.45) is 1.30. The zero-order valence-corrected chi connectivity index (χ0v) is 20.8. The number of anilines is 1. The molecular formula is C29H32N4O2. The number of amides is 3. The zero-order valence-electron chi connectivity index (χ0n) is 20.8. The molecule has 1 saturated heterocycles. The molecule has 0 spiro atoms. The summed E-state index contributed by atoms with van der Waals surface area (Å²) in [6.45, 7) is 8.95. The molecule has 3 aromatic rings. The second-order valence-electron chi connectivity index (χ2n) is 10.1. The third kappa shape index (κ3) is 3.92. The van der Waals surface area contributed by atoms with Crippen LogP contribution in [-0.2, 0) is 30.7 Å². The van der Waals surface area contributed by atoms with E-state index in [2.05, 4.69) is 13.8 Å². The van der Waals surface area contributed by atoms with Crippen LogP contribution in [0.3, 0.4) is 0 Å². The molecule has 2 aliphatic rings. The van der Waals surface area contributed by atoms with E-state index in [0.29, 0.717) is 30.3 Å². The second-order valence-corrected chi connectivity index (χ2v) is 10.1. The number of aryl methyl sites for hydroxylation is 2. The van der Waals surface area contributed by atoms with Crippen molar-refractivity contribution in [3.8, 4) is 11.1 Å². The van der Waals surface area contributed by atoms with Gasteiger partial charge in [-0.1, -0.05) is 67.9 Å². The molecule has 180 valence electrons. The lowest BCUT2D eigenvalue weighted by Crippen LogP contribution is -2.39. The lowest BCUT2D eigenvalue weighted by molar-refractivity contribution is -0.120. The Hall–Kier alpha value is -3.51. The summed E-state index contributed by atoms with van der Waals surface area (Å²) in [7, 11) is 0. The molecule has 0 saturated carbocycles. The van der Waals surface area contributed by atoms with E-state index in [0.717, 1.165) is 45.5 Å². The Balaban J connectivity index is 1.69. The number of fused-ring (bicyclic) bond motifs is 2. The molecule has 0 radical (unpaired) electrons. The largest absolute Gasteiger partial charge is 0.332 e. The SMILES string of the molecule is Cc1ccc(-c2c(CN)c(CC(C)C)nc(C)c2N2C(=O)C3Cc4ccccc4CN3C2=O)cc1. The summed E-state index contributed by atoms with van der Waals surface area (Å²) in [5.41, 5.74) is 14.5. The van der Waals surface area contributed by atoms with Gasteiger partial charge in [-0.15, -0.1) is 0 Å². The van der Waals surface area contributed by atoms with Gasteiger partial charge in [0.1, 0.15) is 6.04 Å². The van der Waals surface area contributed by atoms with Gasteiger partial charge < -0.3 is 10.6 Å². The average molecular weight is 469 g/mol. The van der Waals surface area contributed by atoms with Crippen LogP contribution in [-0.4, -0.2) is 27.9 Å². The number of imide groups is 1. The van der Waals surface area contributed by atoms with Gasteiger partial charge in [-0.2, -0.15) is 0 Å². The van der Waals surface area contributed by atoms with Gasteiger partial charge in [-0.05, 0) is 48.4 Å². The van der Waals surface area contributed by atoms with Gasteiger partial charge in [-0.3, -0.25) is 9.78 Å². The average Bonchev–Trinajstić information content (AvgIpc) is 3.07. The summed E-state index contributed by atoms with van der Waals surface area (Å²) in [6, 6.07) is 15.4. The topological polar surface area (TPSA) is 79.5 Å². The Morgan fingerprint density at radius 2 is 1.71 bits per heavy atom. The monoisotopic (exact) mass is 468 g/mol. The van der Waals surface area contributed by atoms with E-state index in [1.807, 2.05) is 62.4 Å². The highest BCUT2D eigenvalue weighted by Crippen LogP contribution is 2.42. The number of benzene rings is 2. The van der Waals surface area contributed by atoms with E-state index in [1.54, 1.807) is 4.90 Å². The first-order valence-electron chi connectivity index (χ1n) is 12.3. The molecule has 6 heteroatoms. The number of nitrogens with zero attached hydrogens (tertiary/aromatic N) is 3. The van der Waals surface area contributed by atoms with Crippen molar-refractivity contribution in [2.24, 2.45) is 11.7 Å². The first-order valence-corrected chi connectivity index (χ1v) is 12.3. The Morgan fingerprint density at radius 1 is 1.03 bits per heavy atom. The standard InChI is InChI=1S/C29H32N4O2/c1-17(2)13-24-23(15-30)26(20-11-9-18(3)10-12-20)27(19(4)31-24)33-28(34)25-14-21-7-5-6-8-22(21)16-32(25)29(33)35/h5-12,17,25H,13-16,30H2,1-4H3. The molecule has 5 rings (SSSR count). The van der Waals surface area contributed by atoms with Gasteiger partial charge in [0.2, 0.25) is 0 Å². The summed E-state index contributed by atoms with van der Waals surface area (Å²) < 4.78 is 0. The lowest BCUT2D eigenvalue weighted by atomic mass is 9.91. The van der Waals surface area contributed by atoms with Crippen LogP contribution in [0.25, 0.3) is 11.1 Å². The van der Waals surface area contributed by atoms with E-state index in [9.17, 15) is 9.59 Å². The molecule has 2 aromatic carbocycles. The maximum Gasteiger partial charge on any atom is 0.332 e. The van der Waals surface area contributed by atoms with Crippen molar-refractivity contribution in [1.29, 1.82) is 0 Å². The zero-order chi connectivity index (χ0) is 24.9. The lowest BCUT2D eigenvalue weighted by Gasteiger charge is -2.28. The minimum atomic E-state index is -0.501. The van der Waals surface area contributed by atoms with Crippen molar-refractivity contribution in [3.63, 3.8) is 0 Å². The number of rotatable bonds is 5. The van der Waals surface area contributed by atoms with Crippen molar-refractivity contribution >= 4 is 17.6 Å². The smallest absolute Gasteiger partial charge is 0.326 e. The van der Waals surface area contributed by atoms with E-state index in [1.165, 1.54) is 4.90 Å². The predicted molar refractivity (Wildman–Crippen MR) is 138 cm³/mol. The third-order valence-electron chi connectivity index (χ3n) is 7.09. The van der Waals surface area contributed by atoms with Crippen molar-refractivity contribution in [1.82, 2.24) is 9.88 Å². The van der Waals surface area contributed by atoms with Crippen LogP contribution in [0.4, 0.5) is 10.5 Å². The number of nitrogens with two attached hydrogens (primary N) is 1. The Labute approximate surface area is 206 Å². The van der Waals surface area contributed by atoms with Crippen molar-refractivity contribution < 1.29 is 9.59 Å². The number of aromatic nitrogens is 1. The first-order chi connectivity index (χ1) is 16.8. The molecule has 2 aliphatic heterocycles. The minimum absolute atomic E-state index is 0.192. The molecule has 1 aromatic heterocycles. The van der Waals surface area contributed by atoms with Crippen LogP contribution in [0.1, 0.15) is 47.5 Å². The van der Waals surface area contributed by atoms with Crippen LogP contribution in [0.5, 0.6) is 0 Å². The highest BCUT2D eigenvalue weighted by molar-refractivity contribution is 6.23. The summed E-state index contributed by atoms with van der Waals surface area (Å²) in [5.74, 6) is 0.203. The van der Waals surface area contributed by atoms with Crippen LogP contribution >= 0.6 is 0 Å². The van der Waals surface area contributed by atoms with E-state index in [-0.39, 0.29) is 18.5 Å². The second kappa shape index (κ2) is 8.93. The fraction of sp³-hybridized carbons (Fsp3) is 0.345. The van der Waals surface area contributed by atoms with Gasteiger partial charge in [0.25, 0.3) is 5.91 Å². The summed E-state index contributed by atoms with van der Waals surface area (Å²) in [4.78, 5) is 35.6. The van der Waals surface area contributed by atoms with Crippen molar-refractivity contribution in [2.75, 3.05) is 4.90 Å². The molecule has 1 atom stereocenters. The molecule has 6 nitrogen and oxygen atoms in total. The van der Waals surface area contributed by atoms with Crippen molar-refractivity contribution in [3.05, 3.63) is 82.2 Å². The highest BCUT2D eigenvalue weighted by Gasteiger charge is 2.49. The van der Waals surface area contributed by atoms with Gasteiger partial charge >= 0.3 is 6.03 Å². The Bertz CT molecular complexity index is 1270. The number of carbonyl (C=O) groups excluding carboxylic acids is 2. The van der Waals surface area contributed by atoms with Crippen LogP contribution in [0.15, 0.2) is 48.5 Å². The summed E-state index contributed by atoms with van der Waals surface area (Å²) in [5, 5.41) is 0. The number of pyridine rings is 1. The highest BCUT2D eigenvalue weighted by atomic mass is 16.2. The number of urea groups is 1. The van der Waals surface area contributed by atoms with Gasteiger partial charge in [0.05, 0.1) is 11.4 Å². The van der Waals surface area contributed by atoms with Crippen molar-refractivity contribution in [2.45, 2.75) is 59.7 Å². The van der Waals surface area contributed by atoms with E-state index < -0.39 is 6.04 Å². The van der Waals surface area contributed by atoms with Gasteiger partial charge in [0.15, 0.2) is 0 Å². The summed E-state index contributed by atoms with van der Waals surface area (Å²) >= 11 is 0. The van der Waals surface area contributed by atoms with E-state index in [4.69, 9.17) is 10.7 Å². The Morgan fingerprint density at radius 3 is 2.37 bits per heavy atom. The minimum Gasteiger partial charge on any atom is -0.326 e. The normalized spacial score (nSPS) is 17.3. The molecule has 1 fully saturated rings. The van der Waals surface area contributed by atoms with Gasteiger partial charge in [0, 0.05) is 30.8 Å². The maximum atomic E-state index is 13.8. The molecule has 2 N–H and O–H groups in total. The third-order valence-corrected chi connectivity index (χ3v) is 7.09. The molecule has 3 heterocycles. The van der Waals surface area contributed by atoms with E-state index >= 15 is 0 Å². The number of carbonyl (C=O) groups is 2. The number of hydrogen-bond acceptors (Lipinski definition) is 4. The van der Waals surface area contributed by atoms with Crippen LogP contribution in [0.2, 0.25) is 0 Å². The predicted octanol–water partition coefficient (Wildman–Crippen LogP) is 4.92. The molecular weight excluding hydrogens is 436 g/mol. The molecule has 1 unspecified atom stereocenters. The Kier molecular flexibility index (Phi) is 5.93. The van der Waals surface area contributed by atoms with Crippen LogP contribution in [0, 0.1) is 19.8 Å². The first kappa shape index (κ1) is 23.2. The quantitative estimate of drug-likeness (QED) is 0.539. The molecule has 0 aliphatic carbocycles. The van der Waals surface area contributed by atoms with Crippen LogP contribution < -0.4 is 10.6 Å². The van der Waals surface area contributed by atoms with Gasteiger partial charge in [-0.25, -0.2) is 9.69 Å². The molecule has 35 heavy (non-hydrogen) atoms. The molecule has 3 amide bonds. The maximum absolute atomic E-state index is 13.8. The fourth-order valence-corrected chi connectivity index (χ4v) is 5.39. The number of hydrogen-bond donors (Lipinski definition) is 1.